The maximum absolute atomic E-state index is 12.0. The number of hydrogen-bond acceptors (Lipinski definition) is 4. The summed E-state index contributed by atoms with van der Waals surface area (Å²) in [4.78, 5) is 28.5. The number of aryl methyl sites for hydroxylation is 3. The Morgan fingerprint density at radius 1 is 1.12 bits per heavy atom. The summed E-state index contributed by atoms with van der Waals surface area (Å²) < 4.78 is 0.190. The lowest BCUT2D eigenvalue weighted by molar-refractivity contribution is -0.120. The van der Waals surface area contributed by atoms with Gasteiger partial charge in [0.15, 0.2) is 4.77 Å². The number of hydrogen-bond donors (Lipinski definition) is 3. The fraction of sp³-hybridized carbons (Fsp3) is 0.294. The van der Waals surface area contributed by atoms with Crippen LogP contribution in [0.2, 0.25) is 0 Å². The summed E-state index contributed by atoms with van der Waals surface area (Å²) in [7, 11) is 0. The Balaban J connectivity index is 2.12. The van der Waals surface area contributed by atoms with Gasteiger partial charge in [-0.25, -0.2) is 5.43 Å². The van der Waals surface area contributed by atoms with Crippen LogP contribution in [0.1, 0.15) is 34.9 Å². The van der Waals surface area contributed by atoms with E-state index >= 15 is 0 Å². The molecule has 126 valence electrons. The molecule has 0 saturated heterocycles. The van der Waals surface area contributed by atoms with Crippen molar-refractivity contribution in [3.63, 3.8) is 0 Å². The van der Waals surface area contributed by atoms with E-state index in [1.165, 1.54) is 17.2 Å². The van der Waals surface area contributed by atoms with Crippen molar-refractivity contribution in [1.29, 1.82) is 0 Å². The van der Waals surface area contributed by atoms with Gasteiger partial charge in [0.2, 0.25) is 5.91 Å². The van der Waals surface area contributed by atoms with Gasteiger partial charge in [-0.3, -0.25) is 14.6 Å². The molecule has 1 amide bonds. The number of carbonyl (C=O) groups is 1. The van der Waals surface area contributed by atoms with Crippen LogP contribution in [0.15, 0.2) is 28.1 Å². The second kappa shape index (κ2) is 7.35. The first kappa shape index (κ1) is 17.8. The van der Waals surface area contributed by atoms with E-state index in [0.717, 1.165) is 16.8 Å². The Bertz CT molecular complexity index is 897. The van der Waals surface area contributed by atoms with Gasteiger partial charge in [-0.1, -0.05) is 6.07 Å². The summed E-state index contributed by atoms with van der Waals surface area (Å²) >= 11 is 4.88. The number of nitrogens with one attached hydrogen (secondary N) is 3. The molecule has 0 aliphatic heterocycles. The van der Waals surface area contributed by atoms with Gasteiger partial charge in [0.25, 0.3) is 5.56 Å². The zero-order chi connectivity index (χ0) is 17.9. The van der Waals surface area contributed by atoms with Crippen LogP contribution in [0, 0.1) is 25.5 Å². The van der Waals surface area contributed by atoms with Crippen molar-refractivity contribution in [1.82, 2.24) is 15.4 Å². The van der Waals surface area contributed by atoms with Crippen molar-refractivity contribution in [3.05, 3.63) is 61.3 Å². The number of H-pyrrole nitrogens is 2. The Kier molecular flexibility index (Phi) is 5.46. The van der Waals surface area contributed by atoms with Crippen LogP contribution in [0.3, 0.4) is 0 Å². The summed E-state index contributed by atoms with van der Waals surface area (Å²) in [5, 5.41) is 4.16. The van der Waals surface area contributed by atoms with Crippen molar-refractivity contribution < 1.29 is 4.79 Å². The summed E-state index contributed by atoms with van der Waals surface area (Å²) in [5.74, 6) is -0.327. The fourth-order valence-electron chi connectivity index (χ4n) is 2.38. The van der Waals surface area contributed by atoms with Crippen molar-refractivity contribution in [2.24, 2.45) is 5.10 Å². The average Bonchev–Trinajstić information content (AvgIpc) is 2.47. The topological polar surface area (TPSA) is 90.1 Å². The minimum absolute atomic E-state index is 0.00372. The number of carbonyl (C=O) groups excluding carboxylic acids is 1. The first-order valence-electron chi connectivity index (χ1n) is 7.50. The molecule has 0 bridgehead atoms. The molecule has 7 heteroatoms. The van der Waals surface area contributed by atoms with Crippen LogP contribution in [0.4, 0.5) is 0 Å². The van der Waals surface area contributed by atoms with Gasteiger partial charge in [0.1, 0.15) is 0 Å². The molecule has 1 heterocycles. The van der Waals surface area contributed by atoms with E-state index in [-0.39, 0.29) is 22.7 Å². The van der Waals surface area contributed by atoms with Crippen LogP contribution in [0.25, 0.3) is 0 Å². The zero-order valence-corrected chi connectivity index (χ0v) is 14.9. The predicted molar refractivity (Wildman–Crippen MR) is 97.0 cm³/mol. The van der Waals surface area contributed by atoms with Crippen LogP contribution in [0.5, 0.6) is 0 Å². The molecule has 2 aromatic rings. The van der Waals surface area contributed by atoms with Crippen LogP contribution >= 0.6 is 12.2 Å². The van der Waals surface area contributed by atoms with E-state index in [2.05, 4.69) is 39.6 Å². The Hall–Kier alpha value is -2.54. The van der Waals surface area contributed by atoms with Crippen molar-refractivity contribution in [2.75, 3.05) is 0 Å². The molecule has 1 aromatic carbocycles. The van der Waals surface area contributed by atoms with Crippen LogP contribution in [-0.2, 0) is 11.2 Å². The summed E-state index contributed by atoms with van der Waals surface area (Å²) in [6.07, 6.45) is -0.00372. The van der Waals surface area contributed by atoms with E-state index in [9.17, 15) is 9.59 Å². The summed E-state index contributed by atoms with van der Waals surface area (Å²) in [6, 6.07) is 5.46. The molecule has 0 atom stereocenters. The lowest BCUT2D eigenvalue weighted by Crippen LogP contribution is -2.23. The third-order valence-electron chi connectivity index (χ3n) is 3.75. The monoisotopic (exact) mass is 344 g/mol. The second-order valence-corrected chi connectivity index (χ2v) is 6.18. The number of aromatic nitrogens is 2. The van der Waals surface area contributed by atoms with Gasteiger partial charge in [0.05, 0.1) is 12.1 Å². The van der Waals surface area contributed by atoms with Gasteiger partial charge in [0, 0.05) is 17.3 Å². The third-order valence-corrected chi connectivity index (χ3v) is 3.95. The smallest absolute Gasteiger partial charge is 0.251 e. The highest BCUT2D eigenvalue weighted by atomic mass is 32.1. The summed E-state index contributed by atoms with van der Waals surface area (Å²) in [5.41, 5.74) is 7.83. The van der Waals surface area contributed by atoms with E-state index in [1.54, 1.807) is 0 Å². The van der Waals surface area contributed by atoms with E-state index < -0.39 is 0 Å². The first-order valence-corrected chi connectivity index (χ1v) is 7.91. The number of hydrazone groups is 1. The Labute approximate surface area is 145 Å². The molecular formula is C17H20N4O2S. The minimum Gasteiger partial charge on any atom is -0.335 e. The Morgan fingerprint density at radius 2 is 1.79 bits per heavy atom. The second-order valence-electron chi connectivity index (χ2n) is 5.77. The molecule has 0 aliphatic rings. The molecule has 0 unspecified atom stereocenters. The van der Waals surface area contributed by atoms with E-state index in [4.69, 9.17) is 12.2 Å². The van der Waals surface area contributed by atoms with Gasteiger partial charge in [-0.15, -0.1) is 0 Å². The normalized spacial score (nSPS) is 11.4. The predicted octanol–water partition coefficient (Wildman–Crippen LogP) is 2.44. The number of amides is 1. The lowest BCUT2D eigenvalue weighted by Gasteiger charge is -2.10. The molecule has 0 saturated carbocycles. The Morgan fingerprint density at radius 3 is 2.46 bits per heavy atom. The molecule has 2 rings (SSSR count). The standard InChI is InChI=1S/C17H20N4O2S/c1-9-5-11(3)14(6-10(9)2)12(4)20-21-16(23)8-13-7-15(22)19-17(24)18-13/h5-7H,8H2,1-4H3,(H,21,23)(H2,18,19,22,24)/b20-12-. The molecule has 1 aromatic heterocycles. The first-order chi connectivity index (χ1) is 11.3. The van der Waals surface area contributed by atoms with Crippen molar-refractivity contribution in [2.45, 2.75) is 34.1 Å². The van der Waals surface area contributed by atoms with Crippen molar-refractivity contribution in [3.8, 4) is 0 Å². The quantitative estimate of drug-likeness (QED) is 0.452. The minimum atomic E-state index is -0.341. The average molecular weight is 344 g/mol. The number of rotatable bonds is 4. The fourth-order valence-corrected chi connectivity index (χ4v) is 2.62. The third kappa shape index (κ3) is 4.48. The highest BCUT2D eigenvalue weighted by molar-refractivity contribution is 7.71. The zero-order valence-electron chi connectivity index (χ0n) is 14.1. The molecule has 3 N–H and O–H groups in total. The molecule has 6 nitrogen and oxygen atoms in total. The van der Waals surface area contributed by atoms with E-state index in [1.807, 2.05) is 20.8 Å². The molecular weight excluding hydrogens is 324 g/mol. The van der Waals surface area contributed by atoms with Crippen LogP contribution < -0.4 is 11.0 Å². The molecule has 0 radical (unpaired) electrons. The van der Waals surface area contributed by atoms with Gasteiger partial charge >= 0.3 is 0 Å². The SMILES string of the molecule is C/C(=N/NC(=O)Cc1cc(=O)[nH]c(=S)[nH]1)c1cc(C)c(C)cc1C. The maximum atomic E-state index is 12.0. The van der Waals surface area contributed by atoms with Crippen molar-refractivity contribution >= 4 is 23.8 Å². The number of benzene rings is 1. The highest BCUT2D eigenvalue weighted by Gasteiger charge is 2.07. The van der Waals surface area contributed by atoms with E-state index in [0.29, 0.717) is 5.69 Å². The number of nitrogens with zero attached hydrogens (tertiary/aromatic N) is 1. The van der Waals surface area contributed by atoms with Crippen LogP contribution in [-0.4, -0.2) is 21.6 Å². The molecule has 0 fully saturated rings. The van der Waals surface area contributed by atoms with Gasteiger partial charge in [-0.2, -0.15) is 5.10 Å². The summed E-state index contributed by atoms with van der Waals surface area (Å²) in [6.45, 7) is 7.96. The van der Waals surface area contributed by atoms with Gasteiger partial charge < -0.3 is 4.98 Å². The lowest BCUT2D eigenvalue weighted by atomic mass is 9.98. The molecule has 0 spiro atoms. The largest absolute Gasteiger partial charge is 0.335 e. The molecule has 0 aliphatic carbocycles. The van der Waals surface area contributed by atoms with Gasteiger partial charge in [-0.05, 0) is 62.7 Å². The maximum Gasteiger partial charge on any atom is 0.251 e. The number of aromatic amines is 2. The molecule has 24 heavy (non-hydrogen) atoms. The highest BCUT2D eigenvalue weighted by Crippen LogP contribution is 2.16.